The minimum absolute atomic E-state index is 1.21. The van der Waals surface area contributed by atoms with Crippen LogP contribution in [0.4, 0.5) is 0 Å². The number of hydrogen-bond donors (Lipinski definition) is 0. The molecule has 11 aromatic rings. The van der Waals surface area contributed by atoms with Gasteiger partial charge in [0, 0.05) is 0 Å². The Hall–Kier alpha value is -7.02. The van der Waals surface area contributed by atoms with Crippen molar-refractivity contribution in [3.8, 4) is 44.5 Å². The standard InChI is InChI=1S/C54H34/c1-3-14-37-30-40(26-24-35(37)12-1)39-17-11-18-44(32-39)53-48-22-9-10-23-49(48)54(51-34-43-16-5-6-19-45(43)46-20-7-8-21-47(46)51)50-29-28-42(33-52(50)53)41-27-25-36-13-2-4-15-38(36)31-41/h1-34H. The Morgan fingerprint density at radius 1 is 0.185 bits per heavy atom. The van der Waals surface area contributed by atoms with Gasteiger partial charge in [-0.2, -0.15) is 0 Å². The van der Waals surface area contributed by atoms with E-state index in [4.69, 9.17) is 0 Å². The Morgan fingerprint density at radius 3 is 1.33 bits per heavy atom. The molecule has 0 aliphatic heterocycles. The molecule has 11 aromatic carbocycles. The van der Waals surface area contributed by atoms with E-state index in [0.29, 0.717) is 0 Å². The van der Waals surface area contributed by atoms with Gasteiger partial charge in [0.25, 0.3) is 0 Å². The highest BCUT2D eigenvalue weighted by atomic mass is 14.2. The molecule has 250 valence electrons. The van der Waals surface area contributed by atoms with Gasteiger partial charge < -0.3 is 0 Å². The van der Waals surface area contributed by atoms with Crippen molar-refractivity contribution >= 4 is 64.6 Å². The lowest BCUT2D eigenvalue weighted by atomic mass is 9.82. The zero-order chi connectivity index (χ0) is 35.6. The monoisotopic (exact) mass is 682 g/mol. The molecule has 0 amide bonds. The van der Waals surface area contributed by atoms with Crippen LogP contribution in [-0.2, 0) is 0 Å². The fourth-order valence-electron chi connectivity index (χ4n) is 8.81. The Kier molecular flexibility index (Phi) is 6.97. The van der Waals surface area contributed by atoms with Gasteiger partial charge in [0.2, 0.25) is 0 Å². The maximum Gasteiger partial charge on any atom is -0.00199 e. The van der Waals surface area contributed by atoms with Gasteiger partial charge in [-0.15, -0.1) is 0 Å². The van der Waals surface area contributed by atoms with Crippen molar-refractivity contribution in [3.63, 3.8) is 0 Å². The zero-order valence-corrected chi connectivity index (χ0v) is 29.6. The number of benzene rings is 11. The van der Waals surface area contributed by atoms with Crippen LogP contribution in [0.1, 0.15) is 0 Å². The Bertz CT molecular complexity index is 3270. The molecule has 0 aromatic heterocycles. The highest BCUT2D eigenvalue weighted by Gasteiger charge is 2.20. The van der Waals surface area contributed by atoms with Crippen molar-refractivity contribution in [2.24, 2.45) is 0 Å². The molecule has 0 heterocycles. The van der Waals surface area contributed by atoms with Crippen molar-refractivity contribution in [3.05, 3.63) is 206 Å². The minimum atomic E-state index is 1.21. The molecule has 0 radical (unpaired) electrons. The molecule has 0 saturated heterocycles. The molecule has 54 heavy (non-hydrogen) atoms. The summed E-state index contributed by atoms with van der Waals surface area (Å²) in [5, 5.41) is 15.1. The van der Waals surface area contributed by atoms with Crippen LogP contribution in [-0.4, -0.2) is 0 Å². The van der Waals surface area contributed by atoms with E-state index < -0.39 is 0 Å². The molecule has 0 bridgehead atoms. The molecule has 0 saturated carbocycles. The smallest absolute Gasteiger partial charge is 0.00199 e. The fraction of sp³-hybridized carbons (Fsp3) is 0. The van der Waals surface area contributed by atoms with Gasteiger partial charge in [0.05, 0.1) is 0 Å². The number of fused-ring (bicyclic) bond motifs is 7. The first kappa shape index (κ1) is 30.6. The minimum Gasteiger partial charge on any atom is -0.0616 e. The highest BCUT2D eigenvalue weighted by molar-refractivity contribution is 6.26. The molecule has 0 nitrogen and oxygen atoms in total. The molecule has 0 aliphatic carbocycles. The quantitative estimate of drug-likeness (QED) is 0.128. The van der Waals surface area contributed by atoms with Gasteiger partial charge in [-0.1, -0.05) is 176 Å². The molecular formula is C54H34. The first-order valence-corrected chi connectivity index (χ1v) is 18.7. The van der Waals surface area contributed by atoms with E-state index >= 15 is 0 Å². The van der Waals surface area contributed by atoms with Gasteiger partial charge in [0.1, 0.15) is 0 Å². The van der Waals surface area contributed by atoms with E-state index in [2.05, 4.69) is 206 Å². The summed E-state index contributed by atoms with van der Waals surface area (Å²) in [6, 6.07) is 76.3. The zero-order valence-electron chi connectivity index (χ0n) is 29.6. The number of rotatable bonds is 4. The summed E-state index contributed by atoms with van der Waals surface area (Å²) in [4.78, 5) is 0. The van der Waals surface area contributed by atoms with Gasteiger partial charge in [-0.05, 0) is 139 Å². The molecule has 0 N–H and O–H groups in total. The van der Waals surface area contributed by atoms with Crippen LogP contribution >= 0.6 is 0 Å². The predicted octanol–water partition coefficient (Wildman–Crippen LogP) is 15.3. The molecule has 11 rings (SSSR count). The van der Waals surface area contributed by atoms with Crippen LogP contribution in [0.15, 0.2) is 206 Å². The van der Waals surface area contributed by atoms with Gasteiger partial charge >= 0.3 is 0 Å². The van der Waals surface area contributed by atoms with Crippen molar-refractivity contribution in [2.45, 2.75) is 0 Å². The summed E-state index contributed by atoms with van der Waals surface area (Å²) in [5.74, 6) is 0. The summed E-state index contributed by atoms with van der Waals surface area (Å²) >= 11 is 0. The van der Waals surface area contributed by atoms with Gasteiger partial charge in [-0.25, -0.2) is 0 Å². The summed E-state index contributed by atoms with van der Waals surface area (Å²) < 4.78 is 0. The Labute approximate surface area is 314 Å². The van der Waals surface area contributed by atoms with E-state index in [1.165, 1.54) is 109 Å². The normalized spacial score (nSPS) is 11.7. The lowest BCUT2D eigenvalue weighted by molar-refractivity contribution is 1.62. The van der Waals surface area contributed by atoms with E-state index in [-0.39, 0.29) is 0 Å². The first-order chi connectivity index (χ1) is 26.8. The second-order valence-electron chi connectivity index (χ2n) is 14.5. The molecular weight excluding hydrogens is 649 g/mol. The van der Waals surface area contributed by atoms with Crippen LogP contribution in [0.3, 0.4) is 0 Å². The molecule has 0 unspecified atom stereocenters. The SMILES string of the molecule is c1cc(-c2ccc3ccccc3c2)cc(-c2c3ccccc3c(-c3cc4ccccc4c4ccccc34)c3ccc(-c4ccc5ccccc5c4)cc23)c1. The Balaban J connectivity index is 1.24. The first-order valence-electron chi connectivity index (χ1n) is 18.7. The highest BCUT2D eigenvalue weighted by Crippen LogP contribution is 2.48. The molecule has 0 fully saturated rings. The van der Waals surface area contributed by atoms with Crippen LogP contribution in [0.2, 0.25) is 0 Å². The lowest BCUT2D eigenvalue weighted by Crippen LogP contribution is -1.93. The van der Waals surface area contributed by atoms with Crippen LogP contribution in [0.25, 0.3) is 109 Å². The third kappa shape index (κ3) is 4.92. The van der Waals surface area contributed by atoms with Crippen molar-refractivity contribution in [1.82, 2.24) is 0 Å². The maximum atomic E-state index is 2.44. The summed E-state index contributed by atoms with van der Waals surface area (Å²) in [6.07, 6.45) is 0. The summed E-state index contributed by atoms with van der Waals surface area (Å²) in [5.41, 5.74) is 9.89. The van der Waals surface area contributed by atoms with Crippen LogP contribution in [0, 0.1) is 0 Å². The lowest BCUT2D eigenvalue weighted by Gasteiger charge is -2.21. The van der Waals surface area contributed by atoms with Crippen molar-refractivity contribution in [2.75, 3.05) is 0 Å². The van der Waals surface area contributed by atoms with Gasteiger partial charge in [0.15, 0.2) is 0 Å². The second-order valence-corrected chi connectivity index (χ2v) is 14.5. The van der Waals surface area contributed by atoms with E-state index in [9.17, 15) is 0 Å². The average Bonchev–Trinajstić information content (AvgIpc) is 3.25. The predicted molar refractivity (Wildman–Crippen MR) is 233 cm³/mol. The molecule has 0 spiro atoms. The van der Waals surface area contributed by atoms with Crippen LogP contribution < -0.4 is 0 Å². The summed E-state index contributed by atoms with van der Waals surface area (Å²) in [6.45, 7) is 0. The molecule has 0 atom stereocenters. The van der Waals surface area contributed by atoms with E-state index in [0.717, 1.165) is 0 Å². The second kappa shape index (κ2) is 12.3. The number of hydrogen-bond acceptors (Lipinski definition) is 0. The topological polar surface area (TPSA) is 0 Å². The fourth-order valence-corrected chi connectivity index (χ4v) is 8.81. The molecule has 0 heteroatoms. The van der Waals surface area contributed by atoms with Crippen molar-refractivity contribution in [1.29, 1.82) is 0 Å². The van der Waals surface area contributed by atoms with Crippen molar-refractivity contribution < 1.29 is 0 Å². The summed E-state index contributed by atoms with van der Waals surface area (Å²) in [7, 11) is 0. The third-order valence-electron chi connectivity index (χ3n) is 11.4. The van der Waals surface area contributed by atoms with Gasteiger partial charge in [-0.3, -0.25) is 0 Å². The molecule has 0 aliphatic rings. The largest absolute Gasteiger partial charge is 0.0616 e. The van der Waals surface area contributed by atoms with E-state index in [1.54, 1.807) is 0 Å². The average molecular weight is 683 g/mol. The third-order valence-corrected chi connectivity index (χ3v) is 11.4. The maximum absolute atomic E-state index is 2.44. The Morgan fingerprint density at radius 2 is 0.648 bits per heavy atom. The van der Waals surface area contributed by atoms with Crippen LogP contribution in [0.5, 0.6) is 0 Å². The van der Waals surface area contributed by atoms with E-state index in [1.807, 2.05) is 0 Å².